The predicted molar refractivity (Wildman–Crippen MR) is 223 cm³/mol. The van der Waals surface area contributed by atoms with Crippen LogP contribution in [0.5, 0.6) is 11.5 Å². The van der Waals surface area contributed by atoms with Crippen molar-refractivity contribution in [3.8, 4) is 11.5 Å². The van der Waals surface area contributed by atoms with E-state index in [2.05, 4.69) is 60.5 Å². The van der Waals surface area contributed by atoms with Crippen LogP contribution in [0.3, 0.4) is 0 Å². The largest absolute Gasteiger partial charge is 0.504 e. The Hall–Kier alpha value is -4.66. The van der Waals surface area contributed by atoms with E-state index in [1.807, 2.05) is 39.8 Å². The maximum absolute atomic E-state index is 12.6. The molecule has 3 aromatic rings. The Labute approximate surface area is 342 Å². The molecule has 1 fully saturated rings. The number of rotatable bonds is 16. The summed E-state index contributed by atoms with van der Waals surface area (Å²) in [5.41, 5.74) is 15.7. The Morgan fingerprint density at radius 1 is 1.00 bits per heavy atom. The lowest BCUT2D eigenvalue weighted by Gasteiger charge is -2.53. The van der Waals surface area contributed by atoms with E-state index in [1.54, 1.807) is 6.07 Å². The second-order valence-corrected chi connectivity index (χ2v) is 17.0. The number of amides is 4. The van der Waals surface area contributed by atoms with Gasteiger partial charge in [-0.25, -0.2) is 0 Å². The zero-order valence-electron chi connectivity index (χ0n) is 35.5. The summed E-state index contributed by atoms with van der Waals surface area (Å²) in [6, 6.07) is 10.1. The number of hydrogen-bond donors (Lipinski definition) is 6. The molecule has 4 unspecified atom stereocenters. The summed E-state index contributed by atoms with van der Waals surface area (Å²) in [4.78, 5) is 51.6. The molecule has 7 rings (SSSR count). The number of carbonyl (C=O) groups excluding carboxylic acids is 4. The lowest BCUT2D eigenvalue weighted by molar-refractivity contribution is -0.131. The van der Waals surface area contributed by atoms with Crippen LogP contribution in [0.25, 0.3) is 10.9 Å². The van der Waals surface area contributed by atoms with Crippen LogP contribution in [-0.4, -0.2) is 90.2 Å². The first-order valence-corrected chi connectivity index (χ1v) is 20.7. The van der Waals surface area contributed by atoms with Crippen molar-refractivity contribution < 1.29 is 38.5 Å². The number of H-pyrrole nitrogens is 1. The number of para-hydroxylation sites is 1. The van der Waals surface area contributed by atoms with Crippen molar-refractivity contribution in [1.29, 1.82) is 0 Å². The van der Waals surface area contributed by atoms with E-state index in [4.69, 9.17) is 25.7 Å². The minimum Gasteiger partial charge on any atom is -0.504 e. The Morgan fingerprint density at radius 3 is 2.26 bits per heavy atom. The number of aromatic amines is 1. The fourth-order valence-electron chi connectivity index (χ4n) is 9.64. The summed E-state index contributed by atoms with van der Waals surface area (Å²) < 4.78 is 16.7. The van der Waals surface area contributed by atoms with Crippen LogP contribution in [0.1, 0.15) is 103 Å². The van der Waals surface area contributed by atoms with Crippen LogP contribution < -0.4 is 26.8 Å². The van der Waals surface area contributed by atoms with Gasteiger partial charge in [-0.1, -0.05) is 52.8 Å². The highest BCUT2D eigenvalue weighted by Crippen LogP contribution is 2.66. The number of hydrogen-bond acceptors (Lipinski definition) is 9. The smallest absolute Gasteiger partial charge is 0.250 e. The normalized spacial score (nSPS) is 21.2. The molecule has 14 heteroatoms. The summed E-state index contributed by atoms with van der Waals surface area (Å²) in [6.07, 6.45) is 5.98. The Kier molecular flexibility index (Phi) is 14.2. The number of nitrogens with zero attached hydrogens (tertiary/aromatic N) is 1. The van der Waals surface area contributed by atoms with Gasteiger partial charge in [-0.05, 0) is 100 Å². The molecular formula is C44H64N6O8. The molecule has 14 nitrogen and oxygen atoms in total. The fraction of sp³-hybridized carbons (Fsp3) is 0.591. The first-order chi connectivity index (χ1) is 27.5. The first-order valence-electron chi connectivity index (χ1n) is 20.7. The summed E-state index contributed by atoms with van der Waals surface area (Å²) in [7, 11) is 2.28. The molecule has 4 aliphatic rings. The van der Waals surface area contributed by atoms with Gasteiger partial charge >= 0.3 is 0 Å². The van der Waals surface area contributed by atoms with E-state index >= 15 is 0 Å². The van der Waals surface area contributed by atoms with Crippen LogP contribution in [-0.2, 0) is 46.9 Å². The number of nitrogens with one attached hydrogen (secondary N) is 3. The molecule has 1 aromatic heterocycles. The zero-order valence-corrected chi connectivity index (χ0v) is 35.5. The van der Waals surface area contributed by atoms with Gasteiger partial charge in [0.05, 0.1) is 16.9 Å². The number of aromatic hydroxyl groups is 1. The molecule has 318 valence electrons. The van der Waals surface area contributed by atoms with E-state index in [0.717, 1.165) is 54.7 Å². The van der Waals surface area contributed by atoms with Crippen LogP contribution in [0.2, 0.25) is 0 Å². The molecule has 3 aliphatic carbocycles. The molecule has 0 radical (unpaired) electrons. The van der Waals surface area contributed by atoms with Crippen LogP contribution in [0, 0.1) is 17.8 Å². The van der Waals surface area contributed by atoms with Gasteiger partial charge < -0.3 is 51.3 Å². The molecule has 0 spiro atoms. The van der Waals surface area contributed by atoms with Gasteiger partial charge in [0.15, 0.2) is 11.5 Å². The molecule has 58 heavy (non-hydrogen) atoms. The first kappa shape index (κ1) is 44.4. The number of likely N-dealkylation sites (N-methyl/N-ethyl adjacent to an activating group) is 1. The monoisotopic (exact) mass is 804 g/mol. The highest BCUT2D eigenvalue weighted by Gasteiger charge is 2.63. The van der Waals surface area contributed by atoms with Gasteiger partial charge in [-0.3, -0.25) is 19.2 Å². The minimum atomic E-state index is -0.619. The van der Waals surface area contributed by atoms with Crippen LogP contribution >= 0.6 is 0 Å². The van der Waals surface area contributed by atoms with Crippen molar-refractivity contribution in [3.05, 3.63) is 52.7 Å². The van der Waals surface area contributed by atoms with Gasteiger partial charge in [0.25, 0.3) is 0 Å². The molecule has 1 aliphatic heterocycles. The Balaban J connectivity index is 0.000000303. The van der Waals surface area contributed by atoms with E-state index in [9.17, 15) is 24.3 Å². The molecule has 2 heterocycles. The van der Waals surface area contributed by atoms with Gasteiger partial charge in [-0.2, -0.15) is 0 Å². The maximum Gasteiger partial charge on any atom is 0.250 e. The molecular weight excluding hydrogens is 741 g/mol. The third-order valence-electron chi connectivity index (χ3n) is 11.6. The topological polar surface area (TPSA) is 211 Å². The molecule has 0 saturated heterocycles. The van der Waals surface area contributed by atoms with E-state index in [0.29, 0.717) is 29.3 Å². The number of aromatic nitrogens is 1. The average molecular weight is 805 g/mol. The fourth-order valence-corrected chi connectivity index (χ4v) is 9.64. The molecule has 0 bridgehead atoms. The van der Waals surface area contributed by atoms with Crippen LogP contribution in [0.15, 0.2) is 30.3 Å². The SMILES string of the molecule is CC.CC(C)CC(C)(C)NC(=O)COCC(N)=O.CCC12c3c4ccc(O)c3OC1c1[nH]c3c(NC(=O)COCC(N)=O)cccc3c1CC2C(N(C)CC1CC1)C4. The predicted octanol–water partition coefficient (Wildman–Crippen LogP) is 4.99. The highest BCUT2D eigenvalue weighted by molar-refractivity contribution is 6.02. The number of carbonyl (C=O) groups is 4. The quantitative estimate of drug-likeness (QED) is 0.115. The zero-order chi connectivity index (χ0) is 42.5. The third-order valence-corrected chi connectivity index (χ3v) is 11.6. The minimum absolute atomic E-state index is 0.134. The number of phenolic OH excluding ortho intramolecular Hbond substituents is 1. The molecule has 1 saturated carbocycles. The lowest BCUT2D eigenvalue weighted by atomic mass is 9.53. The second kappa shape index (κ2) is 18.5. The third kappa shape index (κ3) is 9.61. The Morgan fingerprint density at radius 2 is 1.66 bits per heavy atom. The number of benzene rings is 2. The molecule has 2 aromatic carbocycles. The lowest BCUT2D eigenvalue weighted by Crippen LogP contribution is -2.57. The summed E-state index contributed by atoms with van der Waals surface area (Å²) >= 11 is 0. The van der Waals surface area contributed by atoms with E-state index in [1.165, 1.54) is 29.5 Å². The number of fused-ring (bicyclic) bond motifs is 4. The summed E-state index contributed by atoms with van der Waals surface area (Å²) in [6.45, 7) is 14.5. The van der Waals surface area contributed by atoms with Gasteiger partial charge in [0, 0.05) is 34.5 Å². The maximum atomic E-state index is 12.6. The van der Waals surface area contributed by atoms with Crippen LogP contribution in [0.4, 0.5) is 5.69 Å². The van der Waals surface area contributed by atoms with Crippen molar-refractivity contribution >= 4 is 40.2 Å². The van der Waals surface area contributed by atoms with Crippen molar-refractivity contribution in [2.24, 2.45) is 29.2 Å². The molecule has 8 N–H and O–H groups in total. The van der Waals surface area contributed by atoms with Crippen molar-refractivity contribution in [2.45, 2.75) is 110 Å². The molecule has 4 atom stereocenters. The van der Waals surface area contributed by atoms with Crippen molar-refractivity contribution in [2.75, 3.05) is 45.3 Å². The number of anilines is 1. The second-order valence-electron chi connectivity index (χ2n) is 17.0. The van der Waals surface area contributed by atoms with E-state index in [-0.39, 0.29) is 61.0 Å². The number of primary amides is 2. The molecule has 4 amide bonds. The summed E-state index contributed by atoms with van der Waals surface area (Å²) in [5, 5.41) is 17.8. The number of nitrogens with two attached hydrogens (primary N) is 2. The average Bonchev–Trinajstić information content (AvgIpc) is 3.77. The number of phenols is 1. The number of ether oxygens (including phenoxy) is 3. The Bertz CT molecular complexity index is 1970. The van der Waals surface area contributed by atoms with Gasteiger partial charge in [-0.15, -0.1) is 0 Å². The standard InChI is InChI=1S/C31H36N4O5.C11H22N2O3.C2H6/c1-3-31-20-12-19-18-5-4-6-21(33-25(38)15-39-14-24(32)37)27(18)34-28(19)30(31)40-29-23(36)10-9-17(26(29)31)11-22(20)35(2)13-16-7-8-16;1-8(2)5-11(3,4)13-10(15)7-16-6-9(12)14;1-2/h4-6,9-10,16,20,22,30,34,36H,3,7-8,11-15H2,1-2H3,(H2,32,37)(H,33,38);8H,5-7H2,1-4H3,(H2,12,14)(H,13,15);1-2H3. The van der Waals surface area contributed by atoms with Gasteiger partial charge in [0.2, 0.25) is 23.6 Å². The van der Waals surface area contributed by atoms with Gasteiger partial charge in [0.1, 0.15) is 32.5 Å². The van der Waals surface area contributed by atoms with Crippen molar-refractivity contribution in [3.63, 3.8) is 0 Å². The highest BCUT2D eigenvalue weighted by atomic mass is 16.5. The summed E-state index contributed by atoms with van der Waals surface area (Å²) in [5.74, 6) is 0.652. The van der Waals surface area contributed by atoms with E-state index < -0.39 is 11.8 Å². The van der Waals surface area contributed by atoms with Crippen molar-refractivity contribution in [1.82, 2.24) is 15.2 Å².